The van der Waals surface area contributed by atoms with Crippen LogP contribution in [-0.4, -0.2) is 25.8 Å². The summed E-state index contributed by atoms with van der Waals surface area (Å²) in [6.07, 6.45) is 4.46. The predicted octanol–water partition coefficient (Wildman–Crippen LogP) is 3.29. The highest BCUT2D eigenvalue weighted by atomic mass is 79.9. The van der Waals surface area contributed by atoms with Crippen LogP contribution in [0.1, 0.15) is 24.8 Å². The molecule has 1 N–H and O–H groups in total. The van der Waals surface area contributed by atoms with Crippen molar-refractivity contribution in [3.05, 3.63) is 34.1 Å². The Morgan fingerprint density at radius 2 is 2.33 bits per heavy atom. The molecule has 2 unspecified atom stereocenters. The van der Waals surface area contributed by atoms with Crippen molar-refractivity contribution in [2.75, 3.05) is 13.7 Å². The number of ether oxygens (including phenoxy) is 1. The van der Waals surface area contributed by atoms with Crippen molar-refractivity contribution in [3.8, 4) is 0 Å². The van der Waals surface area contributed by atoms with Gasteiger partial charge in [-0.15, -0.1) is 0 Å². The molecule has 1 aliphatic rings. The first-order valence-corrected chi connectivity index (χ1v) is 7.23. The number of likely N-dealkylation sites (N-methyl/N-ethyl adjacent to an activating group) is 1. The molecule has 18 heavy (non-hydrogen) atoms. The second kappa shape index (κ2) is 6.64. The van der Waals surface area contributed by atoms with Crippen LogP contribution in [0.25, 0.3) is 0 Å². The van der Waals surface area contributed by atoms with Crippen molar-refractivity contribution < 1.29 is 9.13 Å². The molecular formula is C14H19BrFNO. The lowest BCUT2D eigenvalue weighted by molar-refractivity contribution is -0.00591. The first-order chi connectivity index (χ1) is 8.70. The normalized spacial score (nSPS) is 21.8. The number of rotatable bonds is 4. The van der Waals surface area contributed by atoms with Gasteiger partial charge in [-0.05, 0) is 56.5 Å². The topological polar surface area (TPSA) is 21.3 Å². The van der Waals surface area contributed by atoms with E-state index < -0.39 is 0 Å². The van der Waals surface area contributed by atoms with E-state index in [2.05, 4.69) is 21.2 Å². The van der Waals surface area contributed by atoms with E-state index in [1.807, 2.05) is 7.05 Å². The van der Waals surface area contributed by atoms with Crippen molar-refractivity contribution >= 4 is 15.9 Å². The van der Waals surface area contributed by atoms with E-state index >= 15 is 0 Å². The van der Waals surface area contributed by atoms with Gasteiger partial charge in [-0.3, -0.25) is 0 Å². The van der Waals surface area contributed by atoms with Crippen LogP contribution in [0.3, 0.4) is 0 Å². The summed E-state index contributed by atoms with van der Waals surface area (Å²) in [6, 6.07) is 5.07. The molecule has 0 spiro atoms. The fourth-order valence-corrected chi connectivity index (χ4v) is 2.85. The molecule has 2 nitrogen and oxygen atoms in total. The number of hydrogen-bond acceptors (Lipinski definition) is 2. The summed E-state index contributed by atoms with van der Waals surface area (Å²) < 4.78 is 20.0. The molecule has 0 saturated carbocycles. The molecule has 2 atom stereocenters. The Labute approximate surface area is 116 Å². The van der Waals surface area contributed by atoms with Crippen LogP contribution < -0.4 is 5.32 Å². The zero-order chi connectivity index (χ0) is 13.0. The molecule has 1 aliphatic heterocycles. The number of hydrogen-bond donors (Lipinski definition) is 1. The summed E-state index contributed by atoms with van der Waals surface area (Å²) in [5.41, 5.74) is 0.989. The molecule has 0 aliphatic carbocycles. The van der Waals surface area contributed by atoms with E-state index in [0.717, 1.165) is 35.9 Å². The molecule has 0 radical (unpaired) electrons. The second-order valence-electron chi connectivity index (χ2n) is 4.74. The van der Waals surface area contributed by atoms with E-state index in [4.69, 9.17) is 4.74 Å². The third-order valence-corrected chi connectivity index (χ3v) is 4.26. The van der Waals surface area contributed by atoms with Crippen molar-refractivity contribution in [1.29, 1.82) is 0 Å². The van der Waals surface area contributed by atoms with Crippen LogP contribution in [0, 0.1) is 5.82 Å². The first kappa shape index (κ1) is 14.0. The lowest BCUT2D eigenvalue weighted by Crippen LogP contribution is -2.42. The molecule has 2 rings (SSSR count). The van der Waals surface area contributed by atoms with Gasteiger partial charge in [0.25, 0.3) is 0 Å². The third kappa shape index (κ3) is 3.53. The molecule has 0 bridgehead atoms. The van der Waals surface area contributed by atoms with E-state index in [1.165, 1.54) is 12.5 Å². The van der Waals surface area contributed by atoms with Gasteiger partial charge in [0.15, 0.2) is 0 Å². The third-order valence-electron chi connectivity index (χ3n) is 3.48. The maximum absolute atomic E-state index is 13.3. The van der Waals surface area contributed by atoms with Crippen LogP contribution >= 0.6 is 15.9 Å². The van der Waals surface area contributed by atoms with Crippen LogP contribution in [0.2, 0.25) is 0 Å². The van der Waals surface area contributed by atoms with Gasteiger partial charge in [0.2, 0.25) is 0 Å². The average molecular weight is 316 g/mol. The fourth-order valence-electron chi connectivity index (χ4n) is 2.44. The molecule has 4 heteroatoms. The van der Waals surface area contributed by atoms with Crippen LogP contribution in [0.15, 0.2) is 22.7 Å². The smallest absolute Gasteiger partial charge is 0.123 e. The summed E-state index contributed by atoms with van der Waals surface area (Å²) in [7, 11) is 1.94. The molecule has 1 fully saturated rings. The van der Waals surface area contributed by atoms with E-state index in [-0.39, 0.29) is 18.0 Å². The van der Waals surface area contributed by atoms with Gasteiger partial charge in [0.05, 0.1) is 6.10 Å². The van der Waals surface area contributed by atoms with Crippen LogP contribution in [0.5, 0.6) is 0 Å². The number of benzene rings is 1. The largest absolute Gasteiger partial charge is 0.377 e. The van der Waals surface area contributed by atoms with Gasteiger partial charge >= 0.3 is 0 Å². The number of nitrogens with one attached hydrogen (secondary N) is 1. The molecule has 0 amide bonds. The fraction of sp³-hybridized carbons (Fsp3) is 0.571. The van der Waals surface area contributed by atoms with Crippen LogP contribution in [0.4, 0.5) is 4.39 Å². The van der Waals surface area contributed by atoms with Crippen LogP contribution in [-0.2, 0) is 11.2 Å². The van der Waals surface area contributed by atoms with Crippen molar-refractivity contribution in [2.45, 2.75) is 37.8 Å². The van der Waals surface area contributed by atoms with Crippen molar-refractivity contribution in [2.24, 2.45) is 0 Å². The van der Waals surface area contributed by atoms with Gasteiger partial charge in [0.1, 0.15) is 5.82 Å². The summed E-state index contributed by atoms with van der Waals surface area (Å²) in [5, 5.41) is 3.30. The maximum atomic E-state index is 13.3. The van der Waals surface area contributed by atoms with Gasteiger partial charge in [0, 0.05) is 17.1 Å². The monoisotopic (exact) mass is 315 g/mol. The Morgan fingerprint density at radius 1 is 1.50 bits per heavy atom. The summed E-state index contributed by atoms with van der Waals surface area (Å²) in [4.78, 5) is 0. The predicted molar refractivity (Wildman–Crippen MR) is 74.2 cm³/mol. The highest BCUT2D eigenvalue weighted by Crippen LogP contribution is 2.23. The minimum Gasteiger partial charge on any atom is -0.377 e. The summed E-state index contributed by atoms with van der Waals surface area (Å²) >= 11 is 3.48. The lowest BCUT2D eigenvalue weighted by Gasteiger charge is -2.30. The van der Waals surface area contributed by atoms with Gasteiger partial charge in [-0.1, -0.05) is 15.9 Å². The Balaban J connectivity index is 2.06. The quantitative estimate of drug-likeness (QED) is 0.920. The zero-order valence-corrected chi connectivity index (χ0v) is 12.2. The van der Waals surface area contributed by atoms with Crippen molar-refractivity contribution in [1.82, 2.24) is 5.32 Å². The molecule has 0 aromatic heterocycles. The summed E-state index contributed by atoms with van der Waals surface area (Å²) in [6.45, 7) is 0.840. The minimum absolute atomic E-state index is 0.187. The Morgan fingerprint density at radius 3 is 3.00 bits per heavy atom. The van der Waals surface area contributed by atoms with Gasteiger partial charge in [-0.2, -0.15) is 0 Å². The van der Waals surface area contributed by atoms with E-state index in [9.17, 15) is 4.39 Å². The first-order valence-electron chi connectivity index (χ1n) is 6.43. The standard InChI is InChI=1S/C14H19BrFNO/c1-17-13(14-4-2-3-7-18-14)9-10-8-11(16)5-6-12(10)15/h5-6,8,13-14,17H,2-4,7,9H2,1H3. The number of halogens is 2. The molecule has 1 aromatic carbocycles. The van der Waals surface area contributed by atoms with Gasteiger partial charge in [-0.25, -0.2) is 4.39 Å². The highest BCUT2D eigenvalue weighted by Gasteiger charge is 2.24. The summed E-state index contributed by atoms with van der Waals surface area (Å²) in [5.74, 6) is -0.187. The molecule has 1 saturated heterocycles. The average Bonchev–Trinajstić information content (AvgIpc) is 2.41. The minimum atomic E-state index is -0.187. The molecule has 1 heterocycles. The maximum Gasteiger partial charge on any atom is 0.123 e. The second-order valence-corrected chi connectivity index (χ2v) is 5.59. The van der Waals surface area contributed by atoms with Crippen molar-refractivity contribution in [3.63, 3.8) is 0 Å². The molecular weight excluding hydrogens is 297 g/mol. The Bertz CT molecular complexity index is 393. The van der Waals surface area contributed by atoms with E-state index in [1.54, 1.807) is 12.1 Å². The highest BCUT2D eigenvalue weighted by molar-refractivity contribution is 9.10. The lowest BCUT2D eigenvalue weighted by atomic mass is 9.96. The zero-order valence-electron chi connectivity index (χ0n) is 10.6. The molecule has 100 valence electrons. The van der Waals surface area contributed by atoms with Gasteiger partial charge < -0.3 is 10.1 Å². The molecule has 1 aromatic rings. The van der Waals surface area contributed by atoms with E-state index in [0.29, 0.717) is 0 Å². The Hall–Kier alpha value is -0.450. The SMILES string of the molecule is CNC(Cc1cc(F)ccc1Br)C1CCCCO1. The Kier molecular flexibility index (Phi) is 5.15.